The van der Waals surface area contributed by atoms with Crippen molar-refractivity contribution < 1.29 is 4.79 Å². The predicted molar refractivity (Wildman–Crippen MR) is 72.6 cm³/mol. The third-order valence-electron chi connectivity index (χ3n) is 2.69. The fraction of sp³-hybridized carbons (Fsp3) is 0.667. The molecule has 0 fully saturated rings. The van der Waals surface area contributed by atoms with Crippen LogP contribution in [0.3, 0.4) is 0 Å². The molecule has 0 spiro atoms. The van der Waals surface area contributed by atoms with Gasteiger partial charge >= 0.3 is 0 Å². The van der Waals surface area contributed by atoms with Crippen LogP contribution >= 0.6 is 0 Å². The zero-order valence-electron chi connectivity index (χ0n) is 11.6. The van der Waals surface area contributed by atoms with Crippen LogP contribution in [0.15, 0.2) is 0 Å². The van der Waals surface area contributed by atoms with Crippen molar-refractivity contribution >= 4 is 11.6 Å². The minimum atomic E-state index is -0.214. The van der Waals surface area contributed by atoms with Gasteiger partial charge in [-0.1, -0.05) is 13.8 Å². The average Bonchev–Trinajstić information content (AvgIpc) is 2.66. The molecule has 6 heteroatoms. The van der Waals surface area contributed by atoms with Crippen LogP contribution in [0, 0.1) is 0 Å². The van der Waals surface area contributed by atoms with Gasteiger partial charge in [0, 0.05) is 6.54 Å². The Morgan fingerprint density at radius 3 is 2.67 bits per heavy atom. The summed E-state index contributed by atoms with van der Waals surface area (Å²) >= 11 is 0. The van der Waals surface area contributed by atoms with E-state index in [1.165, 1.54) is 0 Å². The first kappa shape index (κ1) is 14.5. The molecule has 102 valence electrons. The molecule has 4 N–H and O–H groups in total. The van der Waals surface area contributed by atoms with E-state index >= 15 is 0 Å². The molecule has 0 radical (unpaired) electrons. The molecule has 1 rings (SSSR count). The SMILES string of the molecule is CC(C)c1[nH]nc(C(=O)NCCCN(C)C)c1N. The first-order valence-electron chi connectivity index (χ1n) is 6.20. The van der Waals surface area contributed by atoms with Crippen LogP contribution in [0.2, 0.25) is 0 Å². The van der Waals surface area contributed by atoms with Gasteiger partial charge in [0.05, 0.1) is 11.4 Å². The molecule has 1 heterocycles. The Labute approximate surface area is 108 Å². The van der Waals surface area contributed by atoms with Gasteiger partial charge in [0.25, 0.3) is 5.91 Å². The van der Waals surface area contributed by atoms with Gasteiger partial charge in [0.1, 0.15) is 0 Å². The van der Waals surface area contributed by atoms with Crippen molar-refractivity contribution in [3.8, 4) is 0 Å². The third kappa shape index (κ3) is 3.73. The topological polar surface area (TPSA) is 87.0 Å². The number of nitrogens with one attached hydrogen (secondary N) is 2. The van der Waals surface area contributed by atoms with E-state index in [-0.39, 0.29) is 11.8 Å². The quantitative estimate of drug-likeness (QED) is 0.654. The molecule has 0 saturated carbocycles. The molecule has 0 aliphatic carbocycles. The van der Waals surface area contributed by atoms with Crippen molar-refractivity contribution in [2.24, 2.45) is 0 Å². The summed E-state index contributed by atoms with van der Waals surface area (Å²) < 4.78 is 0. The number of amides is 1. The van der Waals surface area contributed by atoms with E-state index in [2.05, 4.69) is 20.4 Å². The Morgan fingerprint density at radius 1 is 1.50 bits per heavy atom. The summed E-state index contributed by atoms with van der Waals surface area (Å²) in [7, 11) is 4.00. The maximum absolute atomic E-state index is 11.9. The van der Waals surface area contributed by atoms with Crippen molar-refractivity contribution in [3.05, 3.63) is 11.4 Å². The Balaban J connectivity index is 2.52. The fourth-order valence-electron chi connectivity index (χ4n) is 1.66. The van der Waals surface area contributed by atoms with Gasteiger partial charge in [-0.2, -0.15) is 5.10 Å². The molecule has 0 atom stereocenters. The van der Waals surface area contributed by atoms with Crippen LogP contribution in [0.25, 0.3) is 0 Å². The van der Waals surface area contributed by atoms with Crippen molar-refractivity contribution in [2.75, 3.05) is 32.9 Å². The normalized spacial score (nSPS) is 11.2. The zero-order valence-corrected chi connectivity index (χ0v) is 11.6. The number of hydrogen-bond donors (Lipinski definition) is 3. The molecule has 0 aliphatic heterocycles. The van der Waals surface area contributed by atoms with Crippen molar-refractivity contribution in [1.82, 2.24) is 20.4 Å². The van der Waals surface area contributed by atoms with Crippen molar-refractivity contribution in [2.45, 2.75) is 26.2 Å². The number of nitrogens with two attached hydrogens (primary N) is 1. The van der Waals surface area contributed by atoms with E-state index in [4.69, 9.17) is 5.73 Å². The number of nitrogen functional groups attached to an aromatic ring is 1. The Hall–Kier alpha value is -1.56. The molecule has 1 aromatic heterocycles. The standard InChI is InChI=1S/C12H23N5O/c1-8(2)10-9(13)11(16-15-10)12(18)14-6-5-7-17(3)4/h8H,5-7,13H2,1-4H3,(H,14,18)(H,15,16). The van der Waals surface area contributed by atoms with Gasteiger partial charge in [0.2, 0.25) is 0 Å². The molecule has 18 heavy (non-hydrogen) atoms. The summed E-state index contributed by atoms with van der Waals surface area (Å²) in [5, 5.41) is 9.62. The van der Waals surface area contributed by atoms with Gasteiger partial charge in [-0.25, -0.2) is 0 Å². The molecule has 1 aromatic rings. The summed E-state index contributed by atoms with van der Waals surface area (Å²) in [6, 6.07) is 0. The second kappa shape index (κ2) is 6.39. The lowest BCUT2D eigenvalue weighted by Gasteiger charge is -2.09. The zero-order chi connectivity index (χ0) is 13.7. The van der Waals surface area contributed by atoms with Gasteiger partial charge in [0.15, 0.2) is 5.69 Å². The second-order valence-electron chi connectivity index (χ2n) is 4.97. The van der Waals surface area contributed by atoms with Crippen LogP contribution in [-0.2, 0) is 0 Å². The highest BCUT2D eigenvalue weighted by Gasteiger charge is 2.18. The van der Waals surface area contributed by atoms with Gasteiger partial charge < -0.3 is 16.0 Å². The summed E-state index contributed by atoms with van der Waals surface area (Å²) in [4.78, 5) is 13.9. The van der Waals surface area contributed by atoms with Crippen molar-refractivity contribution in [3.63, 3.8) is 0 Å². The molecule has 0 aromatic carbocycles. The minimum absolute atomic E-state index is 0.214. The molecule has 6 nitrogen and oxygen atoms in total. The Bertz CT molecular complexity index is 397. The van der Waals surface area contributed by atoms with E-state index in [1.807, 2.05) is 27.9 Å². The number of anilines is 1. The smallest absolute Gasteiger partial charge is 0.273 e. The highest BCUT2D eigenvalue weighted by Crippen LogP contribution is 2.21. The molecule has 0 saturated heterocycles. The first-order chi connectivity index (χ1) is 8.43. The Morgan fingerprint density at radius 2 is 2.17 bits per heavy atom. The number of rotatable bonds is 6. The summed E-state index contributed by atoms with van der Waals surface area (Å²) in [5.41, 5.74) is 7.46. The highest BCUT2D eigenvalue weighted by molar-refractivity contribution is 5.97. The number of nitrogens with zero attached hydrogens (tertiary/aromatic N) is 2. The number of carbonyl (C=O) groups is 1. The third-order valence-corrected chi connectivity index (χ3v) is 2.69. The van der Waals surface area contributed by atoms with E-state index < -0.39 is 0 Å². The number of H-pyrrole nitrogens is 1. The largest absolute Gasteiger partial charge is 0.395 e. The molecular formula is C12H23N5O. The maximum atomic E-state index is 11.9. The monoisotopic (exact) mass is 253 g/mol. The fourth-order valence-corrected chi connectivity index (χ4v) is 1.66. The summed E-state index contributed by atoms with van der Waals surface area (Å²) in [6.07, 6.45) is 0.903. The molecule has 0 unspecified atom stereocenters. The lowest BCUT2D eigenvalue weighted by Crippen LogP contribution is -2.28. The summed E-state index contributed by atoms with van der Waals surface area (Å²) in [5.74, 6) is 0.0159. The molecule has 0 bridgehead atoms. The number of aromatic nitrogens is 2. The number of aromatic amines is 1. The predicted octanol–water partition coefficient (Wildman–Crippen LogP) is 0.797. The maximum Gasteiger partial charge on any atom is 0.273 e. The second-order valence-corrected chi connectivity index (χ2v) is 4.97. The van der Waals surface area contributed by atoms with Gasteiger partial charge in [-0.05, 0) is 33.0 Å². The average molecular weight is 253 g/mol. The number of carbonyl (C=O) groups excluding carboxylic acids is 1. The molecule has 1 amide bonds. The van der Waals surface area contributed by atoms with E-state index in [9.17, 15) is 4.79 Å². The van der Waals surface area contributed by atoms with Crippen molar-refractivity contribution in [1.29, 1.82) is 0 Å². The van der Waals surface area contributed by atoms with E-state index in [0.717, 1.165) is 18.7 Å². The van der Waals surface area contributed by atoms with E-state index in [0.29, 0.717) is 17.9 Å². The van der Waals surface area contributed by atoms with Crippen LogP contribution in [0.1, 0.15) is 42.4 Å². The first-order valence-corrected chi connectivity index (χ1v) is 6.20. The lowest BCUT2D eigenvalue weighted by molar-refractivity contribution is 0.0948. The summed E-state index contributed by atoms with van der Waals surface area (Å²) in [6.45, 7) is 5.57. The van der Waals surface area contributed by atoms with Crippen LogP contribution in [-0.4, -0.2) is 48.2 Å². The van der Waals surface area contributed by atoms with Crippen LogP contribution in [0.4, 0.5) is 5.69 Å². The highest BCUT2D eigenvalue weighted by atomic mass is 16.1. The molecular weight excluding hydrogens is 230 g/mol. The minimum Gasteiger partial charge on any atom is -0.395 e. The molecule has 0 aliphatic rings. The Kier molecular flexibility index (Phi) is 5.15. The van der Waals surface area contributed by atoms with Crippen LogP contribution in [0.5, 0.6) is 0 Å². The van der Waals surface area contributed by atoms with E-state index in [1.54, 1.807) is 0 Å². The lowest BCUT2D eigenvalue weighted by atomic mass is 10.1. The number of hydrogen-bond acceptors (Lipinski definition) is 4. The van der Waals surface area contributed by atoms with Gasteiger partial charge in [-0.15, -0.1) is 0 Å². The van der Waals surface area contributed by atoms with Gasteiger partial charge in [-0.3, -0.25) is 9.89 Å². The van der Waals surface area contributed by atoms with Crippen LogP contribution < -0.4 is 11.1 Å².